The third-order valence-electron chi connectivity index (χ3n) is 3.66. The Morgan fingerprint density at radius 2 is 2.10 bits per heavy atom. The maximum atomic E-state index is 13.1. The minimum atomic E-state index is -0.536. The molecule has 0 bridgehead atoms. The number of likely N-dealkylation sites (tertiary alicyclic amines) is 1. The Balaban J connectivity index is 2.27. The second-order valence-electron chi connectivity index (χ2n) is 4.99. The molecule has 1 fully saturated rings. The fourth-order valence-corrected chi connectivity index (χ4v) is 2.58. The number of halogens is 1. The zero-order chi connectivity index (χ0) is 14.7. The minimum absolute atomic E-state index is 0.238. The maximum absolute atomic E-state index is 13.1. The number of hydrogen-bond donors (Lipinski definition) is 0. The van der Waals surface area contributed by atoms with E-state index in [-0.39, 0.29) is 11.7 Å². The molecule has 0 spiro atoms. The van der Waals surface area contributed by atoms with E-state index in [2.05, 4.69) is 0 Å². The molecule has 1 aliphatic rings. The summed E-state index contributed by atoms with van der Waals surface area (Å²) in [6.07, 6.45) is 2.37. The van der Waals surface area contributed by atoms with Crippen LogP contribution < -0.4 is 0 Å². The third-order valence-corrected chi connectivity index (χ3v) is 3.66. The summed E-state index contributed by atoms with van der Waals surface area (Å²) >= 11 is 0. The van der Waals surface area contributed by atoms with Gasteiger partial charge >= 0.3 is 5.97 Å². The lowest BCUT2D eigenvalue weighted by Crippen LogP contribution is -2.48. The summed E-state index contributed by atoms with van der Waals surface area (Å²) in [6.45, 7) is 2.21. The van der Waals surface area contributed by atoms with E-state index in [0.717, 1.165) is 12.8 Å². The number of amides is 1. The highest BCUT2D eigenvalue weighted by Gasteiger charge is 2.33. The van der Waals surface area contributed by atoms with Crippen molar-refractivity contribution < 1.29 is 18.7 Å². The lowest BCUT2D eigenvalue weighted by Gasteiger charge is -2.34. The quantitative estimate of drug-likeness (QED) is 0.780. The van der Waals surface area contributed by atoms with Crippen LogP contribution in [0.25, 0.3) is 0 Å². The van der Waals surface area contributed by atoms with Crippen molar-refractivity contribution >= 4 is 11.9 Å². The molecule has 1 aliphatic heterocycles. The Bertz CT molecular complexity index is 530. The molecule has 0 aromatic heterocycles. The molecule has 1 amide bonds. The van der Waals surface area contributed by atoms with Crippen LogP contribution in [0.15, 0.2) is 18.2 Å². The van der Waals surface area contributed by atoms with Crippen LogP contribution in [0, 0.1) is 12.7 Å². The Kier molecular flexibility index (Phi) is 4.37. The first-order chi connectivity index (χ1) is 9.54. The first-order valence-corrected chi connectivity index (χ1v) is 6.69. The number of carbonyl (C=O) groups excluding carboxylic acids is 2. The lowest BCUT2D eigenvalue weighted by molar-refractivity contribution is -0.147. The van der Waals surface area contributed by atoms with E-state index >= 15 is 0 Å². The van der Waals surface area contributed by atoms with Gasteiger partial charge in [-0.05, 0) is 49.9 Å². The first-order valence-electron chi connectivity index (χ1n) is 6.69. The topological polar surface area (TPSA) is 46.6 Å². The predicted octanol–water partition coefficient (Wildman–Crippen LogP) is 2.30. The molecule has 1 atom stereocenters. The number of rotatable bonds is 2. The van der Waals surface area contributed by atoms with Crippen molar-refractivity contribution in [2.45, 2.75) is 32.2 Å². The number of nitrogens with zero attached hydrogens (tertiary/aromatic N) is 1. The van der Waals surface area contributed by atoms with Gasteiger partial charge in [-0.1, -0.05) is 0 Å². The number of ether oxygens (including phenoxy) is 1. The molecule has 20 heavy (non-hydrogen) atoms. The zero-order valence-electron chi connectivity index (χ0n) is 11.7. The molecule has 5 heteroatoms. The number of benzene rings is 1. The lowest BCUT2D eigenvalue weighted by atomic mass is 9.99. The van der Waals surface area contributed by atoms with Crippen molar-refractivity contribution in [1.29, 1.82) is 0 Å². The molecule has 1 unspecified atom stereocenters. The monoisotopic (exact) mass is 279 g/mol. The van der Waals surface area contributed by atoms with Gasteiger partial charge in [0.15, 0.2) is 0 Å². The highest BCUT2D eigenvalue weighted by molar-refractivity contribution is 5.98. The molecule has 1 saturated heterocycles. The van der Waals surface area contributed by atoms with Gasteiger partial charge < -0.3 is 9.64 Å². The Morgan fingerprint density at radius 3 is 2.75 bits per heavy atom. The van der Waals surface area contributed by atoms with E-state index in [9.17, 15) is 14.0 Å². The fourth-order valence-electron chi connectivity index (χ4n) is 2.58. The second kappa shape index (κ2) is 6.03. The Hall–Kier alpha value is -1.91. The van der Waals surface area contributed by atoms with Crippen molar-refractivity contribution in [3.8, 4) is 0 Å². The Labute approximate surface area is 117 Å². The molecular weight excluding hydrogens is 261 g/mol. The molecule has 4 nitrogen and oxygen atoms in total. The van der Waals surface area contributed by atoms with Crippen LogP contribution in [0.2, 0.25) is 0 Å². The van der Waals surface area contributed by atoms with Gasteiger partial charge in [-0.2, -0.15) is 0 Å². The molecule has 0 saturated carbocycles. The van der Waals surface area contributed by atoms with Gasteiger partial charge in [-0.3, -0.25) is 4.79 Å². The number of piperidine rings is 1. The molecule has 0 radical (unpaired) electrons. The molecule has 0 N–H and O–H groups in total. The van der Waals surface area contributed by atoms with Gasteiger partial charge in [0.05, 0.1) is 7.11 Å². The molecule has 1 aromatic carbocycles. The van der Waals surface area contributed by atoms with Gasteiger partial charge in [0.1, 0.15) is 11.9 Å². The number of methoxy groups -OCH3 is 1. The molecular formula is C15H18FNO3. The number of hydrogen-bond acceptors (Lipinski definition) is 3. The van der Waals surface area contributed by atoms with E-state index in [1.807, 2.05) is 0 Å². The molecule has 2 rings (SSSR count). The second-order valence-corrected chi connectivity index (χ2v) is 4.99. The number of aryl methyl sites for hydroxylation is 1. The third kappa shape index (κ3) is 2.81. The van der Waals surface area contributed by atoms with Crippen molar-refractivity contribution in [3.05, 3.63) is 35.1 Å². The molecule has 1 heterocycles. The first kappa shape index (κ1) is 14.5. The summed E-state index contributed by atoms with van der Waals surface area (Å²) in [5.41, 5.74) is 1.01. The fraction of sp³-hybridized carbons (Fsp3) is 0.467. The van der Waals surface area contributed by atoms with Gasteiger partial charge in [0.2, 0.25) is 0 Å². The van der Waals surface area contributed by atoms with Gasteiger partial charge in [-0.15, -0.1) is 0 Å². The Morgan fingerprint density at radius 1 is 1.35 bits per heavy atom. The van der Waals surface area contributed by atoms with Crippen LogP contribution in [-0.4, -0.2) is 36.5 Å². The highest BCUT2D eigenvalue weighted by Crippen LogP contribution is 2.22. The summed E-state index contributed by atoms with van der Waals surface area (Å²) in [4.78, 5) is 25.9. The van der Waals surface area contributed by atoms with E-state index in [1.54, 1.807) is 6.92 Å². The highest BCUT2D eigenvalue weighted by atomic mass is 19.1. The SMILES string of the molecule is COC(=O)C1CCCCN1C(=O)c1ccc(F)cc1C. The van der Waals surface area contributed by atoms with E-state index in [4.69, 9.17) is 4.74 Å². The van der Waals surface area contributed by atoms with Crippen molar-refractivity contribution in [2.24, 2.45) is 0 Å². The van der Waals surface area contributed by atoms with Crippen molar-refractivity contribution in [3.63, 3.8) is 0 Å². The molecule has 0 aliphatic carbocycles. The minimum Gasteiger partial charge on any atom is -0.467 e. The normalized spacial score (nSPS) is 18.8. The van der Waals surface area contributed by atoms with Crippen LogP contribution in [0.5, 0.6) is 0 Å². The van der Waals surface area contributed by atoms with Crippen molar-refractivity contribution in [1.82, 2.24) is 4.90 Å². The number of carbonyl (C=O) groups is 2. The zero-order valence-corrected chi connectivity index (χ0v) is 11.7. The summed E-state index contributed by atoms with van der Waals surface area (Å²) in [5, 5.41) is 0. The average Bonchev–Trinajstić information content (AvgIpc) is 2.46. The van der Waals surface area contributed by atoms with Gasteiger partial charge in [-0.25, -0.2) is 9.18 Å². The summed E-state index contributed by atoms with van der Waals surface area (Å²) in [6, 6.07) is 3.52. The summed E-state index contributed by atoms with van der Waals surface area (Å²) in [5.74, 6) is -1.00. The van der Waals surface area contributed by atoms with Crippen molar-refractivity contribution in [2.75, 3.05) is 13.7 Å². The van der Waals surface area contributed by atoms with Gasteiger partial charge in [0, 0.05) is 12.1 Å². The standard InChI is InChI=1S/C15H18FNO3/c1-10-9-11(16)6-7-12(10)14(18)17-8-4-3-5-13(17)15(19)20-2/h6-7,9,13H,3-5,8H2,1-2H3. The smallest absolute Gasteiger partial charge is 0.328 e. The van der Waals surface area contributed by atoms with Crippen LogP contribution in [0.1, 0.15) is 35.2 Å². The van der Waals surface area contributed by atoms with Crippen LogP contribution in [0.3, 0.4) is 0 Å². The van der Waals surface area contributed by atoms with Crippen LogP contribution >= 0.6 is 0 Å². The number of esters is 1. The van der Waals surface area contributed by atoms with Crippen LogP contribution in [-0.2, 0) is 9.53 Å². The van der Waals surface area contributed by atoms with E-state index in [1.165, 1.54) is 30.2 Å². The molecule has 1 aromatic rings. The van der Waals surface area contributed by atoms with Gasteiger partial charge in [0.25, 0.3) is 5.91 Å². The summed E-state index contributed by atoms with van der Waals surface area (Å²) in [7, 11) is 1.32. The largest absolute Gasteiger partial charge is 0.467 e. The average molecular weight is 279 g/mol. The summed E-state index contributed by atoms with van der Waals surface area (Å²) < 4.78 is 17.9. The predicted molar refractivity (Wildman–Crippen MR) is 71.8 cm³/mol. The maximum Gasteiger partial charge on any atom is 0.328 e. The molecule has 108 valence electrons. The van der Waals surface area contributed by atoms with E-state index in [0.29, 0.717) is 24.1 Å². The van der Waals surface area contributed by atoms with Crippen LogP contribution in [0.4, 0.5) is 4.39 Å². The van der Waals surface area contributed by atoms with E-state index < -0.39 is 12.0 Å².